The second kappa shape index (κ2) is 12.5. The van der Waals surface area contributed by atoms with Crippen molar-refractivity contribution in [3.8, 4) is 12.3 Å². The van der Waals surface area contributed by atoms with Crippen LogP contribution >= 0.6 is 0 Å². The zero-order valence-electron chi connectivity index (χ0n) is 10.3. The van der Waals surface area contributed by atoms with Gasteiger partial charge in [-0.1, -0.05) is 5.92 Å². The molecule has 4 nitrogen and oxygen atoms in total. The summed E-state index contributed by atoms with van der Waals surface area (Å²) in [5.74, 6) is 2.52. The first-order chi connectivity index (χ1) is 7.81. The molecule has 0 heterocycles. The highest BCUT2D eigenvalue weighted by atomic mass is 16.5. The molecular weight excluding hydrogens is 206 g/mol. The number of ether oxygens (including phenoxy) is 3. The van der Waals surface area contributed by atoms with Crippen LogP contribution < -0.4 is 5.32 Å². The van der Waals surface area contributed by atoms with Crippen molar-refractivity contribution in [2.45, 2.75) is 19.4 Å². The summed E-state index contributed by atoms with van der Waals surface area (Å²) in [5, 5.41) is 3.09. The van der Waals surface area contributed by atoms with Gasteiger partial charge in [0.15, 0.2) is 0 Å². The number of rotatable bonds is 11. The van der Waals surface area contributed by atoms with E-state index in [-0.39, 0.29) is 6.10 Å². The van der Waals surface area contributed by atoms with Gasteiger partial charge in [-0.15, -0.1) is 6.42 Å². The van der Waals surface area contributed by atoms with Crippen LogP contribution in [-0.4, -0.2) is 52.7 Å². The zero-order chi connectivity index (χ0) is 12.1. The van der Waals surface area contributed by atoms with E-state index in [1.807, 2.05) is 6.92 Å². The lowest BCUT2D eigenvalue weighted by Gasteiger charge is -2.13. The lowest BCUT2D eigenvalue weighted by molar-refractivity contribution is 0.00919. The molecule has 0 aromatic carbocycles. The second-order valence-corrected chi connectivity index (χ2v) is 3.48. The number of terminal acetylenes is 1. The van der Waals surface area contributed by atoms with Crippen molar-refractivity contribution in [3.05, 3.63) is 0 Å². The maximum atomic E-state index is 5.51. The quantitative estimate of drug-likeness (QED) is 0.417. The average Bonchev–Trinajstić information content (AvgIpc) is 2.28. The Morgan fingerprint density at radius 1 is 1.25 bits per heavy atom. The molecule has 0 aromatic heterocycles. The molecule has 1 atom stereocenters. The van der Waals surface area contributed by atoms with Gasteiger partial charge in [0.2, 0.25) is 0 Å². The third-order valence-electron chi connectivity index (χ3n) is 1.93. The van der Waals surface area contributed by atoms with Crippen LogP contribution in [0.4, 0.5) is 0 Å². The van der Waals surface area contributed by atoms with Crippen LogP contribution in [0.15, 0.2) is 0 Å². The van der Waals surface area contributed by atoms with Crippen molar-refractivity contribution in [2.75, 3.05) is 46.6 Å². The van der Waals surface area contributed by atoms with Crippen molar-refractivity contribution in [1.29, 1.82) is 0 Å². The molecule has 1 N–H and O–H groups in total. The van der Waals surface area contributed by atoms with Crippen molar-refractivity contribution < 1.29 is 14.2 Å². The molecule has 0 fully saturated rings. The molecule has 0 rings (SSSR count). The molecule has 0 aromatic rings. The molecule has 0 amide bonds. The summed E-state index contributed by atoms with van der Waals surface area (Å²) in [6.45, 7) is 6.08. The van der Waals surface area contributed by atoms with Gasteiger partial charge in [0.1, 0.15) is 0 Å². The van der Waals surface area contributed by atoms with Crippen LogP contribution in [0.3, 0.4) is 0 Å². The van der Waals surface area contributed by atoms with Crippen molar-refractivity contribution in [2.24, 2.45) is 0 Å². The number of methoxy groups -OCH3 is 1. The van der Waals surface area contributed by atoms with Gasteiger partial charge in [0.05, 0.1) is 25.9 Å². The molecule has 0 saturated heterocycles. The fourth-order valence-corrected chi connectivity index (χ4v) is 1.12. The first kappa shape index (κ1) is 15.4. The molecule has 0 aliphatic rings. The maximum Gasteiger partial charge on any atom is 0.0704 e. The highest BCUT2D eigenvalue weighted by molar-refractivity contribution is 4.86. The van der Waals surface area contributed by atoms with Gasteiger partial charge in [-0.3, -0.25) is 0 Å². The van der Waals surface area contributed by atoms with Gasteiger partial charge in [-0.2, -0.15) is 0 Å². The third kappa shape index (κ3) is 11.5. The van der Waals surface area contributed by atoms with Gasteiger partial charge in [-0.25, -0.2) is 0 Å². The Labute approximate surface area is 98.6 Å². The second-order valence-electron chi connectivity index (χ2n) is 3.48. The number of hydrogen-bond donors (Lipinski definition) is 1. The van der Waals surface area contributed by atoms with Crippen LogP contribution in [0.1, 0.15) is 13.3 Å². The van der Waals surface area contributed by atoms with Crippen LogP contribution in [-0.2, 0) is 14.2 Å². The summed E-state index contributed by atoms with van der Waals surface area (Å²) in [7, 11) is 1.69. The molecule has 16 heavy (non-hydrogen) atoms. The van der Waals surface area contributed by atoms with E-state index in [4.69, 9.17) is 20.6 Å². The summed E-state index contributed by atoms with van der Waals surface area (Å²) in [4.78, 5) is 0. The van der Waals surface area contributed by atoms with E-state index < -0.39 is 0 Å². The molecule has 0 saturated carbocycles. The van der Waals surface area contributed by atoms with Crippen molar-refractivity contribution in [1.82, 2.24) is 5.32 Å². The van der Waals surface area contributed by atoms with E-state index in [9.17, 15) is 0 Å². The van der Waals surface area contributed by atoms with Gasteiger partial charge in [0, 0.05) is 26.9 Å². The monoisotopic (exact) mass is 229 g/mol. The largest absolute Gasteiger partial charge is 0.385 e. The average molecular weight is 229 g/mol. The Morgan fingerprint density at radius 3 is 2.75 bits per heavy atom. The van der Waals surface area contributed by atoms with Crippen LogP contribution in [0, 0.1) is 12.3 Å². The third-order valence-corrected chi connectivity index (χ3v) is 1.93. The van der Waals surface area contributed by atoms with E-state index in [0.717, 1.165) is 26.2 Å². The first-order valence-electron chi connectivity index (χ1n) is 5.63. The SMILES string of the molecule is C#CCNCC(C)OCCOCCCOC. The molecule has 4 heteroatoms. The molecule has 0 radical (unpaired) electrons. The fourth-order valence-electron chi connectivity index (χ4n) is 1.12. The summed E-state index contributed by atoms with van der Waals surface area (Å²) >= 11 is 0. The molecule has 0 spiro atoms. The zero-order valence-corrected chi connectivity index (χ0v) is 10.3. The van der Waals surface area contributed by atoms with Gasteiger partial charge in [0.25, 0.3) is 0 Å². The minimum atomic E-state index is 0.163. The normalized spacial score (nSPS) is 12.3. The van der Waals surface area contributed by atoms with Gasteiger partial charge >= 0.3 is 0 Å². The van der Waals surface area contributed by atoms with E-state index in [1.165, 1.54) is 0 Å². The van der Waals surface area contributed by atoms with Crippen molar-refractivity contribution >= 4 is 0 Å². The maximum absolute atomic E-state index is 5.51. The Hall–Kier alpha value is -0.600. The van der Waals surface area contributed by atoms with E-state index >= 15 is 0 Å². The van der Waals surface area contributed by atoms with Crippen molar-refractivity contribution in [3.63, 3.8) is 0 Å². The van der Waals surface area contributed by atoms with E-state index in [1.54, 1.807) is 7.11 Å². The van der Waals surface area contributed by atoms with Gasteiger partial charge in [-0.05, 0) is 13.3 Å². The lowest BCUT2D eigenvalue weighted by Crippen LogP contribution is -2.28. The number of hydrogen-bond acceptors (Lipinski definition) is 4. The Bertz CT molecular complexity index is 180. The lowest BCUT2D eigenvalue weighted by atomic mass is 10.4. The number of nitrogens with one attached hydrogen (secondary N) is 1. The highest BCUT2D eigenvalue weighted by Crippen LogP contribution is 1.90. The smallest absolute Gasteiger partial charge is 0.0704 e. The minimum absolute atomic E-state index is 0.163. The standard InChI is InChI=1S/C12H23NO3/c1-4-6-13-11-12(2)16-10-9-15-8-5-7-14-3/h1,12-13H,5-11H2,2-3H3. The molecule has 1 unspecified atom stereocenters. The Kier molecular flexibility index (Phi) is 12.0. The first-order valence-corrected chi connectivity index (χ1v) is 5.63. The summed E-state index contributed by atoms with van der Waals surface area (Å²) in [6.07, 6.45) is 6.20. The van der Waals surface area contributed by atoms with E-state index in [0.29, 0.717) is 19.8 Å². The predicted octanol–water partition coefficient (Wildman–Crippen LogP) is 0.667. The predicted molar refractivity (Wildman–Crippen MR) is 64.4 cm³/mol. The molecule has 0 aliphatic carbocycles. The Balaban J connectivity index is 3.09. The minimum Gasteiger partial charge on any atom is -0.385 e. The van der Waals surface area contributed by atoms with Crippen LogP contribution in [0.25, 0.3) is 0 Å². The molecule has 0 bridgehead atoms. The highest BCUT2D eigenvalue weighted by Gasteiger charge is 2.00. The molecule has 0 aliphatic heterocycles. The fraction of sp³-hybridized carbons (Fsp3) is 0.833. The summed E-state index contributed by atoms with van der Waals surface area (Å²) < 4.78 is 15.8. The topological polar surface area (TPSA) is 39.7 Å². The van der Waals surface area contributed by atoms with E-state index in [2.05, 4.69) is 11.2 Å². The van der Waals surface area contributed by atoms with Crippen LogP contribution in [0.2, 0.25) is 0 Å². The molecule has 94 valence electrons. The summed E-state index contributed by atoms with van der Waals surface area (Å²) in [5.41, 5.74) is 0. The van der Waals surface area contributed by atoms with Crippen LogP contribution in [0.5, 0.6) is 0 Å². The Morgan fingerprint density at radius 2 is 2.06 bits per heavy atom. The van der Waals surface area contributed by atoms with Gasteiger partial charge < -0.3 is 19.5 Å². The molecular formula is C12H23NO3. The summed E-state index contributed by atoms with van der Waals surface area (Å²) in [6, 6.07) is 0.